The van der Waals surface area contributed by atoms with Gasteiger partial charge in [-0.15, -0.1) is 0 Å². The van der Waals surface area contributed by atoms with Gasteiger partial charge in [0, 0.05) is 50.9 Å². The highest BCUT2D eigenvalue weighted by Gasteiger charge is 2.33. The maximum Gasteiger partial charge on any atom is 0.338 e. The van der Waals surface area contributed by atoms with Crippen LogP contribution in [0.25, 0.3) is 0 Å². The second-order valence-corrected chi connectivity index (χ2v) is 11.5. The highest BCUT2D eigenvalue weighted by atomic mass is 16.5. The van der Waals surface area contributed by atoms with Crippen LogP contribution >= 0.6 is 0 Å². The maximum absolute atomic E-state index is 13.1. The Kier molecular flexibility index (Phi) is 12.5. The van der Waals surface area contributed by atoms with E-state index in [1.807, 2.05) is 6.07 Å². The summed E-state index contributed by atoms with van der Waals surface area (Å²) in [5.41, 5.74) is 1.94. The van der Waals surface area contributed by atoms with Crippen LogP contribution in [0.4, 0.5) is 5.69 Å². The lowest BCUT2D eigenvalue weighted by Gasteiger charge is -2.36. The Morgan fingerprint density at radius 3 is 2.42 bits per heavy atom. The fraction of sp³-hybridized carbons (Fsp3) is 0.500. The molecule has 0 saturated carbocycles. The second kappa shape index (κ2) is 16.7. The molecule has 45 heavy (non-hydrogen) atoms. The fourth-order valence-corrected chi connectivity index (χ4v) is 5.54. The van der Waals surface area contributed by atoms with Gasteiger partial charge in [0.2, 0.25) is 11.8 Å². The van der Waals surface area contributed by atoms with E-state index in [0.29, 0.717) is 25.1 Å². The van der Waals surface area contributed by atoms with Gasteiger partial charge in [-0.1, -0.05) is 13.3 Å². The number of piperazine rings is 1. The van der Waals surface area contributed by atoms with Crippen LogP contribution in [0.3, 0.4) is 0 Å². The van der Waals surface area contributed by atoms with E-state index in [9.17, 15) is 24.0 Å². The number of anilines is 1. The molecule has 11 heteroatoms. The Morgan fingerprint density at radius 1 is 0.978 bits per heavy atom. The number of ether oxygens (including phenoxy) is 2. The maximum atomic E-state index is 13.1. The van der Waals surface area contributed by atoms with Crippen molar-refractivity contribution in [1.29, 1.82) is 0 Å². The largest absolute Gasteiger partial charge is 0.494 e. The molecule has 2 aromatic rings. The molecule has 1 unspecified atom stereocenters. The third-order valence-corrected chi connectivity index (χ3v) is 8.34. The van der Waals surface area contributed by atoms with Crippen molar-refractivity contribution in [2.24, 2.45) is 0 Å². The number of aldehydes is 1. The first-order valence-corrected chi connectivity index (χ1v) is 15.9. The predicted octanol–water partition coefficient (Wildman–Crippen LogP) is 3.70. The normalized spacial score (nSPS) is 17.0. The van der Waals surface area contributed by atoms with Crippen molar-refractivity contribution in [2.45, 2.75) is 57.9 Å². The van der Waals surface area contributed by atoms with Crippen molar-refractivity contribution in [3.63, 3.8) is 0 Å². The number of nitrogens with one attached hydrogen (secondary N) is 1. The summed E-state index contributed by atoms with van der Waals surface area (Å²) in [7, 11) is 1.52. The van der Waals surface area contributed by atoms with Crippen LogP contribution in [0.1, 0.15) is 82.9 Å². The number of rotatable bonds is 15. The lowest BCUT2D eigenvalue weighted by molar-refractivity contribution is -0.136. The van der Waals surface area contributed by atoms with Crippen LogP contribution in [0.5, 0.6) is 5.75 Å². The number of unbranched alkanes of at least 4 members (excludes halogenated alkanes) is 3. The number of piperidine rings is 1. The number of carbonyl (C=O) groups is 5. The topological polar surface area (TPSA) is 126 Å². The number of nitrogens with zero attached hydrogens (tertiary/aromatic N) is 3. The Bertz CT molecular complexity index is 1340. The molecule has 0 aliphatic carbocycles. The van der Waals surface area contributed by atoms with E-state index >= 15 is 0 Å². The molecule has 242 valence electrons. The highest BCUT2D eigenvalue weighted by Crippen LogP contribution is 2.23. The van der Waals surface area contributed by atoms with Gasteiger partial charge < -0.3 is 19.3 Å². The van der Waals surface area contributed by atoms with Crippen LogP contribution in [0.2, 0.25) is 0 Å². The van der Waals surface area contributed by atoms with Crippen LogP contribution in [-0.2, 0) is 14.3 Å². The molecule has 0 aromatic heterocycles. The van der Waals surface area contributed by atoms with E-state index in [0.717, 1.165) is 76.3 Å². The molecule has 1 N–H and O–H groups in total. The SMILES string of the molecule is CCCCOC(=O)c1ccc(OCCCCCN2CCN(c3ccc(C(=O)N(C)C4CCC(=O)NC4=O)c(C=O)c3)CC2)cc1. The lowest BCUT2D eigenvalue weighted by atomic mass is 10.0. The van der Waals surface area contributed by atoms with Crippen LogP contribution < -0.4 is 15.0 Å². The number of hydrogen-bond donors (Lipinski definition) is 1. The summed E-state index contributed by atoms with van der Waals surface area (Å²) < 4.78 is 11.1. The van der Waals surface area contributed by atoms with E-state index < -0.39 is 17.9 Å². The Labute approximate surface area is 264 Å². The number of amides is 3. The third-order valence-electron chi connectivity index (χ3n) is 8.34. The molecule has 0 spiro atoms. The Balaban J connectivity index is 1.15. The van der Waals surface area contributed by atoms with Crippen LogP contribution in [-0.4, -0.2) is 98.8 Å². The summed E-state index contributed by atoms with van der Waals surface area (Å²) >= 11 is 0. The highest BCUT2D eigenvalue weighted by molar-refractivity contribution is 6.06. The van der Waals surface area contributed by atoms with E-state index in [4.69, 9.17) is 9.47 Å². The third kappa shape index (κ3) is 9.37. The number of carbonyl (C=O) groups excluding carboxylic acids is 5. The molecule has 11 nitrogen and oxygen atoms in total. The van der Waals surface area contributed by atoms with Crippen molar-refractivity contribution < 1.29 is 33.4 Å². The first kappa shape index (κ1) is 33.6. The number of hydrogen-bond acceptors (Lipinski definition) is 9. The van der Waals surface area contributed by atoms with E-state index in [2.05, 4.69) is 22.0 Å². The minimum absolute atomic E-state index is 0.170. The molecule has 0 radical (unpaired) electrons. The van der Waals surface area contributed by atoms with Gasteiger partial charge in [-0.3, -0.25) is 29.4 Å². The first-order chi connectivity index (χ1) is 21.8. The van der Waals surface area contributed by atoms with Crippen molar-refractivity contribution in [2.75, 3.05) is 57.9 Å². The molecule has 1 atom stereocenters. The molecular formula is C34H44N4O7. The van der Waals surface area contributed by atoms with Gasteiger partial charge in [-0.25, -0.2) is 4.79 Å². The van der Waals surface area contributed by atoms with Gasteiger partial charge >= 0.3 is 5.97 Å². The average molecular weight is 621 g/mol. The molecule has 2 saturated heterocycles. The number of esters is 1. The monoisotopic (exact) mass is 620 g/mol. The van der Waals surface area contributed by atoms with Crippen molar-refractivity contribution in [1.82, 2.24) is 15.1 Å². The molecule has 2 aliphatic heterocycles. The molecule has 2 aliphatic rings. The lowest BCUT2D eigenvalue weighted by Crippen LogP contribution is -2.53. The number of benzene rings is 2. The zero-order valence-corrected chi connectivity index (χ0v) is 26.3. The smallest absolute Gasteiger partial charge is 0.338 e. The first-order valence-electron chi connectivity index (χ1n) is 15.9. The molecule has 2 aromatic carbocycles. The van der Waals surface area contributed by atoms with E-state index in [1.165, 1.54) is 11.9 Å². The Morgan fingerprint density at radius 2 is 1.73 bits per heavy atom. The van der Waals surface area contributed by atoms with Gasteiger partial charge in [0.1, 0.15) is 11.8 Å². The summed E-state index contributed by atoms with van der Waals surface area (Å²) in [4.78, 5) is 66.7. The number of likely N-dealkylation sites (N-methyl/N-ethyl adjacent to an activating group) is 1. The minimum Gasteiger partial charge on any atom is -0.494 e. The van der Waals surface area contributed by atoms with Crippen LogP contribution in [0, 0.1) is 0 Å². The summed E-state index contributed by atoms with van der Waals surface area (Å²) in [6, 6.07) is 11.6. The van der Waals surface area contributed by atoms with Gasteiger partial charge in [-0.05, 0) is 81.1 Å². The fourth-order valence-electron chi connectivity index (χ4n) is 5.54. The molecule has 2 fully saturated rings. The standard InChI is InChI=1S/C34H44N4O7/c1-3-4-21-45-34(43)25-8-11-28(12-9-25)44-22-7-5-6-16-37-17-19-38(20-18-37)27-10-13-29(26(23-27)24-39)33(42)36(2)30-14-15-31(40)35-32(30)41/h8-13,23-24,30H,3-7,14-22H2,1-2H3,(H,35,40,41). The average Bonchev–Trinajstić information content (AvgIpc) is 3.06. The van der Waals surface area contributed by atoms with Gasteiger partial charge in [0.15, 0.2) is 6.29 Å². The number of imide groups is 1. The van der Waals surface area contributed by atoms with Gasteiger partial charge in [-0.2, -0.15) is 0 Å². The van der Waals surface area contributed by atoms with Crippen molar-refractivity contribution >= 4 is 35.7 Å². The predicted molar refractivity (Wildman–Crippen MR) is 170 cm³/mol. The molecule has 4 rings (SSSR count). The molecule has 2 heterocycles. The zero-order valence-electron chi connectivity index (χ0n) is 26.3. The minimum atomic E-state index is -0.749. The van der Waals surface area contributed by atoms with Crippen LogP contribution in [0.15, 0.2) is 42.5 Å². The molecule has 0 bridgehead atoms. The van der Waals surface area contributed by atoms with E-state index in [1.54, 1.807) is 36.4 Å². The molecule has 3 amide bonds. The summed E-state index contributed by atoms with van der Waals surface area (Å²) in [5, 5.41) is 2.27. The Hall–Kier alpha value is -4.25. The van der Waals surface area contributed by atoms with E-state index in [-0.39, 0.29) is 35.8 Å². The summed E-state index contributed by atoms with van der Waals surface area (Å²) in [5.74, 6) is -0.827. The van der Waals surface area contributed by atoms with Gasteiger partial charge in [0.05, 0.1) is 24.3 Å². The summed E-state index contributed by atoms with van der Waals surface area (Å²) in [6.07, 6.45) is 6.01. The summed E-state index contributed by atoms with van der Waals surface area (Å²) in [6.45, 7) is 7.55. The zero-order chi connectivity index (χ0) is 32.2. The van der Waals surface area contributed by atoms with Crippen molar-refractivity contribution in [3.8, 4) is 5.75 Å². The van der Waals surface area contributed by atoms with Gasteiger partial charge in [0.25, 0.3) is 5.91 Å². The van der Waals surface area contributed by atoms with Crippen molar-refractivity contribution in [3.05, 3.63) is 59.2 Å². The quantitative estimate of drug-likeness (QED) is 0.137. The second-order valence-electron chi connectivity index (χ2n) is 11.5. The molecular weight excluding hydrogens is 576 g/mol.